The highest BCUT2D eigenvalue weighted by atomic mass is 14.7. The molecule has 0 fully saturated rings. The molecule has 116 valence electrons. The molecule has 0 aromatic carbocycles. The topological polar surface area (TPSA) is 24.7 Å². The van der Waals surface area contributed by atoms with E-state index in [0.717, 1.165) is 36.1 Å². The van der Waals surface area contributed by atoms with Crippen molar-refractivity contribution in [1.82, 2.24) is 0 Å². The first-order valence-electron chi connectivity index (χ1n) is 7.81. The summed E-state index contributed by atoms with van der Waals surface area (Å²) in [4.78, 5) is 8.86. The van der Waals surface area contributed by atoms with Gasteiger partial charge in [0, 0.05) is 25.0 Å². The van der Waals surface area contributed by atoms with E-state index in [4.69, 9.17) is 4.99 Å². The number of hydrogen-bond donors (Lipinski definition) is 0. The molecule has 0 aromatic rings. The third-order valence-corrected chi connectivity index (χ3v) is 2.99. The molecule has 2 nitrogen and oxygen atoms in total. The predicted molar refractivity (Wildman–Crippen MR) is 97.5 cm³/mol. The fourth-order valence-corrected chi connectivity index (χ4v) is 1.94. The Bertz CT molecular complexity index is 472. The molecule has 0 atom stereocenters. The Hall–Kier alpha value is -1.70. The number of aliphatic imine (C=N–C) groups is 2. The number of allylic oxidation sites excluding steroid dienone is 7. The summed E-state index contributed by atoms with van der Waals surface area (Å²) in [6.07, 6.45) is 15.5. The lowest BCUT2D eigenvalue weighted by Gasteiger charge is -2.11. The van der Waals surface area contributed by atoms with Crippen molar-refractivity contribution < 1.29 is 0 Å². The zero-order chi connectivity index (χ0) is 16.1. The van der Waals surface area contributed by atoms with Crippen molar-refractivity contribution in [3.8, 4) is 0 Å². The maximum absolute atomic E-state index is 4.70. The van der Waals surface area contributed by atoms with Crippen LogP contribution in [0.25, 0.3) is 0 Å². The Labute approximate surface area is 130 Å². The van der Waals surface area contributed by atoms with Gasteiger partial charge in [-0.05, 0) is 44.8 Å². The van der Waals surface area contributed by atoms with Crippen molar-refractivity contribution in [2.75, 3.05) is 7.05 Å². The van der Waals surface area contributed by atoms with Crippen molar-refractivity contribution >= 4 is 12.4 Å². The van der Waals surface area contributed by atoms with Crippen LogP contribution in [0, 0.1) is 0 Å². The summed E-state index contributed by atoms with van der Waals surface area (Å²) in [5.41, 5.74) is 4.48. The van der Waals surface area contributed by atoms with Gasteiger partial charge >= 0.3 is 0 Å². The van der Waals surface area contributed by atoms with Crippen LogP contribution >= 0.6 is 0 Å². The predicted octanol–water partition coefficient (Wildman–Crippen LogP) is 5.69. The molecule has 0 heterocycles. The molecule has 0 unspecified atom stereocenters. The van der Waals surface area contributed by atoms with Crippen LogP contribution in [0.4, 0.5) is 0 Å². The largest absolute Gasteiger partial charge is 0.296 e. The molecule has 0 saturated heterocycles. The summed E-state index contributed by atoms with van der Waals surface area (Å²) in [5.74, 6) is 0. The minimum Gasteiger partial charge on any atom is -0.296 e. The number of nitrogens with zero attached hydrogens (tertiary/aromatic N) is 2. The fraction of sp³-hybridized carbons (Fsp3) is 0.474. The SMILES string of the molecule is C\C=C/C(C(/C=NC)=C/C)=C(N=CCC)\C(C)=C\CCC. The van der Waals surface area contributed by atoms with E-state index in [9.17, 15) is 0 Å². The van der Waals surface area contributed by atoms with Gasteiger partial charge < -0.3 is 0 Å². The van der Waals surface area contributed by atoms with Crippen molar-refractivity contribution in [2.45, 2.75) is 53.9 Å². The van der Waals surface area contributed by atoms with E-state index in [2.05, 4.69) is 50.1 Å². The first-order valence-corrected chi connectivity index (χ1v) is 7.81. The number of hydrogen-bond acceptors (Lipinski definition) is 2. The highest BCUT2D eigenvalue weighted by Gasteiger charge is 2.08. The molecule has 0 bridgehead atoms. The van der Waals surface area contributed by atoms with Gasteiger partial charge in [-0.1, -0.05) is 44.6 Å². The molecule has 0 aliphatic rings. The van der Waals surface area contributed by atoms with E-state index in [1.807, 2.05) is 26.3 Å². The molecule has 0 aliphatic heterocycles. The lowest BCUT2D eigenvalue weighted by Crippen LogP contribution is -1.97. The molecule has 0 radical (unpaired) electrons. The standard InChI is InChI=1S/C19H30N2/c1-7-11-13-16(5)19(21-14-9-3)18(12-8-2)17(10-4)15-20-6/h8,10,12-15H,7,9,11H2,1-6H3/b12-8-,16-13+,17-10+,19-18-,20-15?,21-14?. The Morgan fingerprint density at radius 1 is 1.14 bits per heavy atom. The van der Waals surface area contributed by atoms with Crippen LogP contribution < -0.4 is 0 Å². The quantitative estimate of drug-likeness (QED) is 0.404. The molecule has 2 heteroatoms. The lowest BCUT2D eigenvalue weighted by molar-refractivity contribution is 0.948. The Morgan fingerprint density at radius 3 is 2.33 bits per heavy atom. The van der Waals surface area contributed by atoms with E-state index in [1.54, 1.807) is 7.05 Å². The van der Waals surface area contributed by atoms with E-state index < -0.39 is 0 Å². The van der Waals surface area contributed by atoms with Gasteiger partial charge in [-0.15, -0.1) is 0 Å². The summed E-state index contributed by atoms with van der Waals surface area (Å²) in [5, 5.41) is 0. The van der Waals surface area contributed by atoms with Crippen molar-refractivity contribution in [1.29, 1.82) is 0 Å². The molecule has 0 rings (SSSR count). The Balaban J connectivity index is 6.10. The average molecular weight is 286 g/mol. The fourth-order valence-electron chi connectivity index (χ4n) is 1.94. The second kappa shape index (κ2) is 12.1. The number of rotatable bonds is 8. The smallest absolute Gasteiger partial charge is 0.0730 e. The molecule has 0 aromatic heterocycles. The minimum absolute atomic E-state index is 0.931. The van der Waals surface area contributed by atoms with E-state index >= 15 is 0 Å². The van der Waals surface area contributed by atoms with Gasteiger partial charge in [-0.3, -0.25) is 9.98 Å². The van der Waals surface area contributed by atoms with Gasteiger partial charge in [0.2, 0.25) is 0 Å². The van der Waals surface area contributed by atoms with E-state index in [1.165, 1.54) is 5.57 Å². The van der Waals surface area contributed by atoms with Crippen molar-refractivity contribution in [3.05, 3.63) is 46.7 Å². The summed E-state index contributed by atoms with van der Waals surface area (Å²) in [6, 6.07) is 0. The van der Waals surface area contributed by atoms with Crippen LogP contribution in [-0.2, 0) is 0 Å². The monoisotopic (exact) mass is 286 g/mol. The highest BCUT2D eigenvalue weighted by molar-refractivity contribution is 5.87. The third kappa shape index (κ3) is 7.03. The van der Waals surface area contributed by atoms with Gasteiger partial charge in [-0.25, -0.2) is 0 Å². The van der Waals surface area contributed by atoms with Crippen LogP contribution in [0.1, 0.15) is 53.9 Å². The van der Waals surface area contributed by atoms with Gasteiger partial charge in [0.15, 0.2) is 0 Å². The van der Waals surface area contributed by atoms with Crippen molar-refractivity contribution in [2.24, 2.45) is 9.98 Å². The molecular formula is C19H30N2. The Morgan fingerprint density at radius 2 is 1.86 bits per heavy atom. The van der Waals surface area contributed by atoms with Crippen LogP contribution in [0.2, 0.25) is 0 Å². The molecule has 0 amide bonds. The third-order valence-electron chi connectivity index (χ3n) is 2.99. The summed E-state index contributed by atoms with van der Waals surface area (Å²) >= 11 is 0. The first kappa shape index (κ1) is 19.3. The highest BCUT2D eigenvalue weighted by Crippen LogP contribution is 2.23. The summed E-state index contributed by atoms with van der Waals surface area (Å²) in [6.45, 7) is 10.5. The molecule has 21 heavy (non-hydrogen) atoms. The van der Waals surface area contributed by atoms with Crippen LogP contribution in [-0.4, -0.2) is 19.5 Å². The zero-order valence-electron chi connectivity index (χ0n) is 14.5. The van der Waals surface area contributed by atoms with Crippen molar-refractivity contribution in [3.63, 3.8) is 0 Å². The van der Waals surface area contributed by atoms with Crippen LogP contribution in [0.5, 0.6) is 0 Å². The van der Waals surface area contributed by atoms with E-state index in [-0.39, 0.29) is 0 Å². The second-order valence-corrected chi connectivity index (χ2v) is 4.79. The Kier molecular flexibility index (Phi) is 11.1. The maximum Gasteiger partial charge on any atom is 0.0730 e. The van der Waals surface area contributed by atoms with Crippen LogP contribution in [0.15, 0.2) is 56.7 Å². The molecule has 0 N–H and O–H groups in total. The van der Waals surface area contributed by atoms with Crippen LogP contribution in [0.3, 0.4) is 0 Å². The second-order valence-electron chi connectivity index (χ2n) is 4.79. The summed E-state index contributed by atoms with van der Waals surface area (Å²) < 4.78 is 0. The molecule has 0 spiro atoms. The van der Waals surface area contributed by atoms with Gasteiger partial charge in [0.05, 0.1) is 5.70 Å². The lowest BCUT2D eigenvalue weighted by atomic mass is 9.99. The van der Waals surface area contributed by atoms with E-state index in [0.29, 0.717) is 0 Å². The van der Waals surface area contributed by atoms with Gasteiger partial charge in [0.1, 0.15) is 0 Å². The number of unbranched alkanes of at least 4 members (excludes halogenated alkanes) is 1. The minimum atomic E-state index is 0.931. The zero-order valence-corrected chi connectivity index (χ0v) is 14.5. The molecule has 0 aliphatic carbocycles. The molecule has 0 saturated carbocycles. The van der Waals surface area contributed by atoms with Gasteiger partial charge in [0.25, 0.3) is 0 Å². The first-order chi connectivity index (χ1) is 10.2. The molecular weight excluding hydrogens is 256 g/mol. The summed E-state index contributed by atoms with van der Waals surface area (Å²) in [7, 11) is 1.80. The average Bonchev–Trinajstić information content (AvgIpc) is 2.49. The normalized spacial score (nSPS) is 15.5. The maximum atomic E-state index is 4.70. The van der Waals surface area contributed by atoms with Gasteiger partial charge in [-0.2, -0.15) is 0 Å².